The number of hydrogen-bond acceptors (Lipinski definition) is 6. The molecule has 7 aliphatic rings. The molecule has 37 heavy (non-hydrogen) atoms. The number of likely N-dealkylation sites (tertiary alicyclic amines) is 1. The number of phenolic OH excluding ortho intramolecular Hbond substituents is 1. The van der Waals surface area contributed by atoms with Crippen LogP contribution < -0.4 is 15.8 Å². The predicted octanol–water partition coefficient (Wildman–Crippen LogP) is 3.11. The van der Waals surface area contributed by atoms with E-state index in [2.05, 4.69) is 23.2 Å². The molecule has 8 rings (SSSR count). The van der Waals surface area contributed by atoms with Crippen molar-refractivity contribution in [2.45, 2.75) is 94.4 Å². The summed E-state index contributed by atoms with van der Waals surface area (Å²) in [6.45, 7) is 6.96. The molecule has 5 aliphatic carbocycles. The number of benzene rings is 1. The minimum Gasteiger partial charge on any atom is -0.504 e. The summed E-state index contributed by atoms with van der Waals surface area (Å²) in [6, 6.07) is 3.95. The SMILES string of the molecule is CC[C@H](C)[C@H](N)C(=O)NC[C@H]1C[C@@]23CCC1(OC)C1Oc4c(O)ccc5c4[C@@]12CCN(CC1CC1)[C@@H]3C5. The van der Waals surface area contributed by atoms with E-state index in [-0.39, 0.29) is 40.4 Å². The highest BCUT2D eigenvalue weighted by molar-refractivity contribution is 5.81. The molecule has 1 saturated heterocycles. The van der Waals surface area contributed by atoms with Crippen molar-refractivity contribution in [3.63, 3.8) is 0 Å². The van der Waals surface area contributed by atoms with Gasteiger partial charge in [0.05, 0.1) is 6.04 Å². The van der Waals surface area contributed by atoms with E-state index in [1.807, 2.05) is 20.1 Å². The average Bonchev–Trinajstić information content (AvgIpc) is 3.65. The smallest absolute Gasteiger partial charge is 0.237 e. The lowest BCUT2D eigenvalue weighted by molar-refractivity contribution is -0.276. The van der Waals surface area contributed by atoms with Crippen LogP contribution in [0.25, 0.3) is 0 Å². The van der Waals surface area contributed by atoms with Crippen LogP contribution in [0.15, 0.2) is 12.1 Å². The van der Waals surface area contributed by atoms with Crippen LogP contribution in [-0.2, 0) is 21.4 Å². The highest BCUT2D eigenvalue weighted by Gasteiger charge is 2.80. The molecular weight excluding hydrogens is 466 g/mol. The van der Waals surface area contributed by atoms with E-state index >= 15 is 0 Å². The van der Waals surface area contributed by atoms with Crippen LogP contribution in [0.2, 0.25) is 0 Å². The minimum atomic E-state index is -0.501. The van der Waals surface area contributed by atoms with Crippen LogP contribution in [0.4, 0.5) is 0 Å². The van der Waals surface area contributed by atoms with Crippen molar-refractivity contribution in [2.24, 2.45) is 28.9 Å². The third-order valence-electron chi connectivity index (χ3n) is 11.9. The van der Waals surface area contributed by atoms with Crippen LogP contribution in [0.3, 0.4) is 0 Å². The summed E-state index contributed by atoms with van der Waals surface area (Å²) >= 11 is 0. The number of ether oxygens (including phenoxy) is 2. The Labute approximate surface area is 220 Å². The van der Waals surface area contributed by atoms with Gasteiger partial charge in [0.2, 0.25) is 5.91 Å². The number of phenols is 1. The van der Waals surface area contributed by atoms with Gasteiger partial charge in [0.1, 0.15) is 11.7 Å². The molecule has 4 bridgehead atoms. The summed E-state index contributed by atoms with van der Waals surface area (Å²) in [5.74, 6) is 2.02. The van der Waals surface area contributed by atoms with Crippen molar-refractivity contribution in [3.05, 3.63) is 23.3 Å². The number of nitrogens with two attached hydrogens (primary N) is 1. The van der Waals surface area contributed by atoms with Crippen LogP contribution in [0.5, 0.6) is 11.5 Å². The second-order valence-electron chi connectivity index (χ2n) is 13.2. The van der Waals surface area contributed by atoms with Gasteiger partial charge in [-0.3, -0.25) is 9.69 Å². The number of carbonyl (C=O) groups excluding carboxylic acids is 1. The molecular formula is C30H43N3O4. The van der Waals surface area contributed by atoms with Gasteiger partial charge in [-0.1, -0.05) is 26.3 Å². The van der Waals surface area contributed by atoms with Gasteiger partial charge in [-0.15, -0.1) is 0 Å². The van der Waals surface area contributed by atoms with Crippen LogP contribution in [-0.4, -0.2) is 66.4 Å². The molecule has 7 nitrogen and oxygen atoms in total. The minimum absolute atomic E-state index is 0.0609. The van der Waals surface area contributed by atoms with Crippen LogP contribution >= 0.6 is 0 Å². The third-order valence-corrected chi connectivity index (χ3v) is 11.9. The molecule has 2 heterocycles. The molecule has 1 amide bonds. The normalized spacial score (nSPS) is 40.6. The monoisotopic (exact) mass is 509 g/mol. The number of rotatable bonds is 8. The van der Waals surface area contributed by atoms with Gasteiger partial charge in [-0.25, -0.2) is 0 Å². The van der Waals surface area contributed by atoms with Crippen molar-refractivity contribution >= 4 is 5.91 Å². The van der Waals surface area contributed by atoms with Crippen molar-refractivity contribution in [1.82, 2.24) is 10.2 Å². The van der Waals surface area contributed by atoms with Gasteiger partial charge >= 0.3 is 0 Å². The maximum absolute atomic E-state index is 13.0. The van der Waals surface area contributed by atoms with Crippen molar-refractivity contribution in [1.29, 1.82) is 0 Å². The second-order valence-corrected chi connectivity index (χ2v) is 13.2. The topological polar surface area (TPSA) is 97.1 Å². The second kappa shape index (κ2) is 8.09. The van der Waals surface area contributed by atoms with Gasteiger partial charge in [-0.2, -0.15) is 0 Å². The summed E-state index contributed by atoms with van der Waals surface area (Å²) in [5.41, 5.74) is 8.35. The number of nitrogens with one attached hydrogen (secondary N) is 1. The van der Waals surface area contributed by atoms with Gasteiger partial charge in [-0.05, 0) is 75.0 Å². The Bertz CT molecular complexity index is 1120. The first kappa shape index (κ1) is 24.2. The number of hydrogen-bond donors (Lipinski definition) is 3. The van der Waals surface area contributed by atoms with Crippen molar-refractivity contribution in [3.8, 4) is 11.5 Å². The molecule has 5 fully saturated rings. The first-order valence-corrected chi connectivity index (χ1v) is 14.7. The first-order chi connectivity index (χ1) is 17.8. The molecule has 0 radical (unpaired) electrons. The molecule has 4 N–H and O–H groups in total. The standard InChI is InChI=1S/C30H43N3O4/c1-4-17(2)24(31)26(35)32-15-20-14-28-9-10-30(20,36-3)27-29(28)11-12-33(16-18-5-6-18)22(28)13-19-7-8-21(34)25(37-27)23(19)29/h7-8,17-18,20,22,24,27,34H,4-6,9-16,31H2,1-3H3,(H,32,35)/t17-,20+,22+,24-,27?,28+,29-,30?/m0/s1. The summed E-state index contributed by atoms with van der Waals surface area (Å²) in [4.78, 5) is 15.8. The van der Waals surface area contributed by atoms with Gasteiger partial charge < -0.3 is 25.6 Å². The fourth-order valence-corrected chi connectivity index (χ4v) is 9.64. The first-order valence-electron chi connectivity index (χ1n) is 14.7. The van der Waals surface area contributed by atoms with E-state index < -0.39 is 11.6 Å². The maximum Gasteiger partial charge on any atom is 0.237 e. The Morgan fingerprint density at radius 3 is 2.86 bits per heavy atom. The highest BCUT2D eigenvalue weighted by Crippen LogP contribution is 2.76. The molecule has 2 spiro atoms. The molecule has 2 unspecified atom stereocenters. The predicted molar refractivity (Wildman–Crippen MR) is 141 cm³/mol. The molecule has 8 atom stereocenters. The van der Waals surface area contributed by atoms with Gasteiger partial charge in [0.15, 0.2) is 11.5 Å². The Kier molecular flexibility index (Phi) is 5.30. The van der Waals surface area contributed by atoms with E-state index in [9.17, 15) is 9.90 Å². The summed E-state index contributed by atoms with van der Waals surface area (Å²) in [6.07, 6.45) is 8.57. The number of methoxy groups -OCH3 is 1. The fourth-order valence-electron chi connectivity index (χ4n) is 9.64. The Balaban J connectivity index is 1.30. The zero-order valence-electron chi connectivity index (χ0n) is 22.6. The molecule has 202 valence electrons. The number of piperidine rings is 1. The molecule has 2 aliphatic heterocycles. The highest BCUT2D eigenvalue weighted by atomic mass is 16.6. The van der Waals surface area contributed by atoms with E-state index in [4.69, 9.17) is 15.2 Å². The largest absolute Gasteiger partial charge is 0.504 e. The van der Waals surface area contributed by atoms with E-state index in [0.29, 0.717) is 18.3 Å². The van der Waals surface area contributed by atoms with Crippen molar-refractivity contribution < 1.29 is 19.4 Å². The molecule has 1 aromatic rings. The number of carbonyl (C=O) groups is 1. The summed E-state index contributed by atoms with van der Waals surface area (Å²) in [5, 5.41) is 14.2. The quantitative estimate of drug-likeness (QED) is 0.498. The molecule has 1 aromatic carbocycles. The molecule has 0 aromatic heterocycles. The lowest BCUT2D eigenvalue weighted by atomic mass is 9.35. The summed E-state index contributed by atoms with van der Waals surface area (Å²) in [7, 11) is 1.82. The zero-order valence-corrected chi connectivity index (χ0v) is 22.6. The van der Waals surface area contributed by atoms with E-state index in [0.717, 1.165) is 51.0 Å². The third kappa shape index (κ3) is 2.97. The number of fused-ring (bicyclic) bond motifs is 2. The molecule has 4 saturated carbocycles. The zero-order chi connectivity index (χ0) is 25.7. The maximum atomic E-state index is 13.0. The number of nitrogens with zero attached hydrogens (tertiary/aromatic N) is 1. The van der Waals surface area contributed by atoms with Gasteiger partial charge in [0, 0.05) is 48.6 Å². The Hall–Kier alpha value is -1.83. The number of aromatic hydroxyl groups is 1. The van der Waals surface area contributed by atoms with Crippen molar-refractivity contribution in [2.75, 3.05) is 26.7 Å². The lowest BCUT2D eigenvalue weighted by Crippen LogP contribution is -2.81. The fraction of sp³-hybridized carbons (Fsp3) is 0.767. The molecule has 7 heteroatoms. The van der Waals surface area contributed by atoms with E-state index in [1.165, 1.54) is 30.5 Å². The van der Waals surface area contributed by atoms with Gasteiger partial charge in [0.25, 0.3) is 0 Å². The average molecular weight is 510 g/mol. The Morgan fingerprint density at radius 1 is 1.32 bits per heavy atom. The number of amides is 1. The van der Waals surface area contributed by atoms with E-state index in [1.54, 1.807) is 0 Å². The Morgan fingerprint density at radius 2 is 2.14 bits per heavy atom. The summed E-state index contributed by atoms with van der Waals surface area (Å²) < 4.78 is 13.4. The lowest BCUT2D eigenvalue weighted by Gasteiger charge is -2.74. The van der Waals surface area contributed by atoms with Crippen LogP contribution in [0.1, 0.15) is 69.9 Å². The van der Waals surface area contributed by atoms with Crippen LogP contribution in [0, 0.1) is 23.2 Å².